The van der Waals surface area contributed by atoms with Crippen molar-refractivity contribution in [2.45, 2.75) is 13.0 Å². The standard InChI is InChI=1S/C15H12BrNOS2/c1-9(10-2-4-11(16)5-3-10)17-15(18)14-8-13-12(20-14)6-7-19-13/h2-9H,1H3,(H,17,18). The largest absolute Gasteiger partial charge is 0.345 e. The highest BCUT2D eigenvalue weighted by Gasteiger charge is 2.14. The third kappa shape index (κ3) is 2.80. The number of carbonyl (C=O) groups excluding carboxylic acids is 1. The Labute approximate surface area is 133 Å². The first-order valence-corrected chi connectivity index (χ1v) is 8.66. The number of hydrogen-bond acceptors (Lipinski definition) is 3. The van der Waals surface area contributed by atoms with Crippen LogP contribution in [0, 0.1) is 0 Å². The monoisotopic (exact) mass is 365 g/mol. The van der Waals surface area contributed by atoms with Crippen molar-refractivity contribution in [2.75, 3.05) is 0 Å². The summed E-state index contributed by atoms with van der Waals surface area (Å²) in [5, 5.41) is 5.09. The molecule has 0 aliphatic rings. The molecule has 0 radical (unpaired) electrons. The van der Waals surface area contributed by atoms with E-state index in [1.165, 1.54) is 9.40 Å². The van der Waals surface area contributed by atoms with E-state index >= 15 is 0 Å². The van der Waals surface area contributed by atoms with Gasteiger partial charge >= 0.3 is 0 Å². The Hall–Kier alpha value is -1.17. The van der Waals surface area contributed by atoms with Gasteiger partial charge in [0.25, 0.3) is 5.91 Å². The van der Waals surface area contributed by atoms with Gasteiger partial charge in [0.1, 0.15) is 0 Å². The molecule has 2 nitrogen and oxygen atoms in total. The van der Waals surface area contributed by atoms with E-state index < -0.39 is 0 Å². The SMILES string of the molecule is CC(NC(=O)c1cc2sccc2s1)c1ccc(Br)cc1. The van der Waals surface area contributed by atoms with E-state index in [1.807, 2.05) is 42.6 Å². The molecule has 0 spiro atoms. The van der Waals surface area contributed by atoms with E-state index in [0.29, 0.717) is 0 Å². The number of amides is 1. The third-order valence-corrected chi connectivity index (χ3v) is 5.70. The van der Waals surface area contributed by atoms with E-state index in [-0.39, 0.29) is 11.9 Å². The zero-order chi connectivity index (χ0) is 14.1. The maximum Gasteiger partial charge on any atom is 0.261 e. The average molecular weight is 366 g/mol. The summed E-state index contributed by atoms with van der Waals surface area (Å²) in [4.78, 5) is 13.0. The van der Waals surface area contributed by atoms with Crippen molar-refractivity contribution in [1.82, 2.24) is 5.32 Å². The van der Waals surface area contributed by atoms with Crippen molar-refractivity contribution in [3.8, 4) is 0 Å². The van der Waals surface area contributed by atoms with Crippen LogP contribution in [0.25, 0.3) is 9.40 Å². The lowest BCUT2D eigenvalue weighted by Crippen LogP contribution is -2.25. The summed E-state index contributed by atoms with van der Waals surface area (Å²) in [6.45, 7) is 2.00. The van der Waals surface area contributed by atoms with E-state index in [1.54, 1.807) is 22.7 Å². The number of carbonyl (C=O) groups is 1. The molecule has 0 saturated heterocycles. The van der Waals surface area contributed by atoms with Gasteiger partial charge in [0.15, 0.2) is 0 Å². The maximum absolute atomic E-state index is 12.3. The van der Waals surface area contributed by atoms with Crippen molar-refractivity contribution in [3.05, 3.63) is 56.7 Å². The number of fused-ring (bicyclic) bond motifs is 1. The number of benzene rings is 1. The lowest BCUT2D eigenvalue weighted by Gasteiger charge is -2.13. The third-order valence-electron chi connectivity index (χ3n) is 3.08. The summed E-state index contributed by atoms with van der Waals surface area (Å²) >= 11 is 6.62. The van der Waals surface area contributed by atoms with Crippen molar-refractivity contribution in [2.24, 2.45) is 0 Å². The lowest BCUT2D eigenvalue weighted by atomic mass is 10.1. The van der Waals surface area contributed by atoms with Gasteiger partial charge in [0, 0.05) is 13.9 Å². The Balaban J connectivity index is 1.75. The van der Waals surface area contributed by atoms with Crippen LogP contribution >= 0.6 is 38.6 Å². The number of halogens is 1. The highest BCUT2D eigenvalue weighted by Crippen LogP contribution is 2.30. The molecule has 1 N–H and O–H groups in total. The molecular formula is C15H12BrNOS2. The van der Waals surface area contributed by atoms with Crippen molar-refractivity contribution in [3.63, 3.8) is 0 Å². The Bertz CT molecular complexity index is 716. The topological polar surface area (TPSA) is 29.1 Å². The smallest absolute Gasteiger partial charge is 0.261 e. The van der Waals surface area contributed by atoms with E-state index in [0.717, 1.165) is 14.9 Å². The number of hydrogen-bond donors (Lipinski definition) is 1. The molecule has 0 aliphatic heterocycles. The number of thiophene rings is 2. The molecule has 0 saturated carbocycles. The van der Waals surface area contributed by atoms with Gasteiger partial charge in [-0.25, -0.2) is 0 Å². The highest BCUT2D eigenvalue weighted by molar-refractivity contribution is 9.10. The van der Waals surface area contributed by atoms with Crippen LogP contribution in [0.4, 0.5) is 0 Å². The molecule has 3 rings (SSSR count). The molecule has 0 fully saturated rings. The van der Waals surface area contributed by atoms with E-state index in [9.17, 15) is 4.79 Å². The summed E-state index contributed by atoms with van der Waals surface area (Å²) in [5.74, 6) is -0.00572. The zero-order valence-electron chi connectivity index (χ0n) is 10.7. The first-order valence-electron chi connectivity index (χ1n) is 6.17. The molecule has 5 heteroatoms. The van der Waals surface area contributed by atoms with Crippen LogP contribution in [0.15, 0.2) is 46.3 Å². The van der Waals surface area contributed by atoms with Crippen LogP contribution in [0.1, 0.15) is 28.2 Å². The molecule has 1 amide bonds. The summed E-state index contributed by atoms with van der Waals surface area (Å²) in [6, 6.07) is 12.0. The van der Waals surface area contributed by atoms with Crippen molar-refractivity contribution in [1.29, 1.82) is 0 Å². The molecule has 1 unspecified atom stereocenters. The van der Waals surface area contributed by atoms with E-state index in [2.05, 4.69) is 27.3 Å². The first-order chi connectivity index (χ1) is 9.63. The van der Waals surface area contributed by atoms with Gasteiger partial charge in [-0.3, -0.25) is 4.79 Å². The average Bonchev–Trinajstić information content (AvgIpc) is 2.99. The van der Waals surface area contributed by atoms with Crippen molar-refractivity contribution >= 4 is 53.9 Å². The Kier molecular flexibility index (Phi) is 3.92. The quantitative estimate of drug-likeness (QED) is 0.677. The van der Waals surface area contributed by atoms with Gasteiger partial charge in [0.2, 0.25) is 0 Å². The summed E-state index contributed by atoms with van der Waals surface area (Å²) in [5.41, 5.74) is 1.10. The van der Waals surface area contributed by atoms with Crippen molar-refractivity contribution < 1.29 is 4.79 Å². The Morgan fingerprint density at radius 1 is 1.20 bits per heavy atom. The van der Waals surface area contributed by atoms with Crippen LogP contribution in [0.3, 0.4) is 0 Å². The van der Waals surface area contributed by atoms with Gasteiger partial charge < -0.3 is 5.32 Å². The summed E-state index contributed by atoms with van der Waals surface area (Å²) in [7, 11) is 0. The lowest BCUT2D eigenvalue weighted by molar-refractivity contribution is 0.0944. The molecule has 0 bridgehead atoms. The second kappa shape index (κ2) is 5.68. The minimum absolute atomic E-state index is 0.00395. The van der Waals surface area contributed by atoms with Crippen LogP contribution in [0.5, 0.6) is 0 Å². The van der Waals surface area contributed by atoms with Crippen LogP contribution in [-0.2, 0) is 0 Å². The van der Waals surface area contributed by atoms with Gasteiger partial charge in [-0.1, -0.05) is 28.1 Å². The molecular weight excluding hydrogens is 354 g/mol. The predicted octanol–water partition coefficient (Wildman–Crippen LogP) is 5.22. The highest BCUT2D eigenvalue weighted by atomic mass is 79.9. The normalized spacial score (nSPS) is 12.5. The van der Waals surface area contributed by atoms with E-state index in [4.69, 9.17) is 0 Å². The minimum Gasteiger partial charge on any atom is -0.345 e. The van der Waals surface area contributed by atoms with Gasteiger partial charge in [-0.15, -0.1) is 22.7 Å². The van der Waals surface area contributed by atoms with Gasteiger partial charge in [-0.2, -0.15) is 0 Å². The summed E-state index contributed by atoms with van der Waals surface area (Å²) < 4.78 is 3.39. The molecule has 2 aromatic heterocycles. The Morgan fingerprint density at radius 3 is 2.65 bits per heavy atom. The van der Waals surface area contributed by atoms with Crippen LogP contribution in [0.2, 0.25) is 0 Å². The number of nitrogens with one attached hydrogen (secondary N) is 1. The second-order valence-electron chi connectivity index (χ2n) is 4.51. The second-order valence-corrected chi connectivity index (χ2v) is 7.45. The minimum atomic E-state index is -0.00572. The van der Waals surface area contributed by atoms with Crippen LogP contribution < -0.4 is 5.32 Å². The molecule has 0 aliphatic carbocycles. The number of rotatable bonds is 3. The first kappa shape index (κ1) is 13.8. The molecule has 20 heavy (non-hydrogen) atoms. The predicted molar refractivity (Wildman–Crippen MR) is 89.7 cm³/mol. The molecule has 1 atom stereocenters. The maximum atomic E-state index is 12.3. The zero-order valence-corrected chi connectivity index (χ0v) is 13.9. The van der Waals surface area contributed by atoms with Gasteiger partial charge in [-0.05, 0) is 42.1 Å². The summed E-state index contributed by atoms with van der Waals surface area (Å²) in [6.07, 6.45) is 0. The Morgan fingerprint density at radius 2 is 1.95 bits per heavy atom. The fourth-order valence-corrected chi connectivity index (χ4v) is 4.26. The molecule has 3 aromatic rings. The fourth-order valence-electron chi connectivity index (χ4n) is 1.98. The molecule has 2 heterocycles. The fraction of sp³-hybridized carbons (Fsp3) is 0.133. The van der Waals surface area contributed by atoms with Gasteiger partial charge in [0.05, 0.1) is 10.9 Å². The molecule has 1 aromatic carbocycles. The molecule has 102 valence electrons. The van der Waals surface area contributed by atoms with Crippen LogP contribution in [-0.4, -0.2) is 5.91 Å².